The van der Waals surface area contributed by atoms with Crippen LogP contribution in [0.1, 0.15) is 45.1 Å². The number of aliphatic hydroxyl groups is 1. The Hall–Kier alpha value is -2.34. The Labute approximate surface area is 193 Å². The predicted octanol–water partition coefficient (Wildman–Crippen LogP) is 1.63. The number of hydrogen-bond acceptors (Lipinski definition) is 8. The number of sulfonamides is 1. The van der Waals surface area contributed by atoms with Crippen molar-refractivity contribution in [3.8, 4) is 0 Å². The van der Waals surface area contributed by atoms with Crippen LogP contribution in [0.2, 0.25) is 0 Å². The minimum absolute atomic E-state index is 0.00956. The molecule has 4 rings (SSSR count). The average Bonchev–Trinajstić information content (AvgIpc) is 3.12. The lowest BCUT2D eigenvalue weighted by Crippen LogP contribution is -2.41. The van der Waals surface area contributed by atoms with E-state index < -0.39 is 15.6 Å². The third-order valence-electron chi connectivity index (χ3n) is 6.54. The predicted molar refractivity (Wildman–Crippen MR) is 125 cm³/mol. The van der Waals surface area contributed by atoms with E-state index in [0.29, 0.717) is 50.4 Å². The van der Waals surface area contributed by atoms with Crippen LogP contribution in [0.25, 0.3) is 11.0 Å². The summed E-state index contributed by atoms with van der Waals surface area (Å²) in [6, 6.07) is 2.86. The number of aromatic nitrogens is 3. The molecule has 2 aromatic rings. The van der Waals surface area contributed by atoms with Crippen molar-refractivity contribution < 1.29 is 18.3 Å². The van der Waals surface area contributed by atoms with E-state index >= 15 is 0 Å². The van der Waals surface area contributed by atoms with Gasteiger partial charge in [0.05, 0.1) is 18.2 Å². The van der Waals surface area contributed by atoms with Gasteiger partial charge in [0.2, 0.25) is 16.0 Å². The van der Waals surface area contributed by atoms with Crippen molar-refractivity contribution in [3.63, 3.8) is 0 Å². The fraction of sp³-hybridized carbons (Fsp3) is 0.591. The van der Waals surface area contributed by atoms with Crippen LogP contribution in [0.3, 0.4) is 0 Å². The van der Waals surface area contributed by atoms with Gasteiger partial charge in [0.15, 0.2) is 0 Å². The number of hydrogen-bond donors (Lipinski definition) is 2. The summed E-state index contributed by atoms with van der Waals surface area (Å²) in [5, 5.41) is 16.0. The zero-order valence-corrected chi connectivity index (χ0v) is 19.8. The summed E-state index contributed by atoms with van der Waals surface area (Å²) in [4.78, 5) is 21.8. The summed E-state index contributed by atoms with van der Waals surface area (Å²) in [6.45, 7) is 2.79. The van der Waals surface area contributed by atoms with Crippen LogP contribution in [0.5, 0.6) is 0 Å². The quantitative estimate of drug-likeness (QED) is 0.616. The lowest BCUT2D eigenvalue weighted by atomic mass is 10.00. The van der Waals surface area contributed by atoms with Crippen LogP contribution in [-0.4, -0.2) is 70.8 Å². The van der Waals surface area contributed by atoms with Gasteiger partial charge in [-0.15, -0.1) is 0 Å². The number of nitrogens with zero attached hydrogens (tertiary/aromatic N) is 4. The molecule has 0 spiro atoms. The van der Waals surface area contributed by atoms with E-state index in [1.165, 1.54) is 29.0 Å². The van der Waals surface area contributed by atoms with Crippen molar-refractivity contribution in [2.24, 2.45) is 0 Å². The number of nitrogens with one attached hydrogen (secondary N) is 1. The first-order valence-corrected chi connectivity index (χ1v) is 12.7. The standard InChI is InChI=1S/C22H31N5O5S/c1-22(29)10-3-5-18(22)27-19(28)7-6-16-15-23-21(25-20(16)27)24-17-8-11-26(12-9-17)33(30,31)14-4-13-32-2/h4,6-7,14-15,17-18,29H,3,5,8-13H2,1-2H3,(H,23,24,25)/b14-4+/t18-,22-/m1/s1. The summed E-state index contributed by atoms with van der Waals surface area (Å²) in [5.41, 5.74) is -0.665. The minimum Gasteiger partial charge on any atom is -0.388 e. The van der Waals surface area contributed by atoms with Gasteiger partial charge >= 0.3 is 0 Å². The molecule has 0 amide bonds. The molecule has 0 bridgehead atoms. The highest BCUT2D eigenvalue weighted by Gasteiger charge is 2.39. The summed E-state index contributed by atoms with van der Waals surface area (Å²) in [7, 11) is -1.95. The molecule has 0 unspecified atom stereocenters. The molecule has 0 radical (unpaired) electrons. The van der Waals surface area contributed by atoms with Crippen molar-refractivity contribution in [3.05, 3.63) is 40.2 Å². The third-order valence-corrected chi connectivity index (χ3v) is 8.16. The molecule has 0 aromatic carbocycles. The number of fused-ring (bicyclic) bond motifs is 1. The maximum Gasteiger partial charge on any atom is 0.252 e. The summed E-state index contributed by atoms with van der Waals surface area (Å²) in [5.74, 6) is 0.390. The summed E-state index contributed by atoms with van der Waals surface area (Å²) in [6.07, 6.45) is 6.58. The van der Waals surface area contributed by atoms with E-state index in [4.69, 9.17) is 4.74 Å². The van der Waals surface area contributed by atoms with E-state index in [-0.39, 0.29) is 24.2 Å². The topological polar surface area (TPSA) is 127 Å². The van der Waals surface area contributed by atoms with Crippen molar-refractivity contribution in [2.45, 2.75) is 56.7 Å². The normalized spacial score (nSPS) is 25.2. The van der Waals surface area contributed by atoms with Gasteiger partial charge in [-0.05, 0) is 51.2 Å². The highest BCUT2D eigenvalue weighted by molar-refractivity contribution is 7.92. The van der Waals surface area contributed by atoms with E-state index in [1.807, 2.05) is 0 Å². The van der Waals surface area contributed by atoms with E-state index in [0.717, 1.165) is 11.8 Å². The Morgan fingerprint density at radius 1 is 1.30 bits per heavy atom. The Bertz CT molecular complexity index is 1190. The number of methoxy groups -OCH3 is 1. The zero-order valence-electron chi connectivity index (χ0n) is 19.0. The van der Waals surface area contributed by atoms with Crippen LogP contribution in [0.15, 0.2) is 34.6 Å². The molecule has 11 heteroatoms. The average molecular weight is 478 g/mol. The third kappa shape index (κ3) is 5.11. The second-order valence-electron chi connectivity index (χ2n) is 8.97. The molecule has 33 heavy (non-hydrogen) atoms. The number of anilines is 1. The van der Waals surface area contributed by atoms with Gasteiger partial charge in [-0.1, -0.05) is 0 Å². The molecular weight excluding hydrogens is 446 g/mol. The first-order valence-electron chi connectivity index (χ1n) is 11.2. The second-order valence-corrected chi connectivity index (χ2v) is 10.8. The van der Waals surface area contributed by atoms with Gasteiger partial charge < -0.3 is 15.2 Å². The number of pyridine rings is 1. The van der Waals surface area contributed by atoms with Gasteiger partial charge in [0.25, 0.3) is 5.56 Å². The Kier molecular flexibility index (Phi) is 6.85. The molecule has 2 fully saturated rings. The van der Waals surface area contributed by atoms with E-state index in [9.17, 15) is 18.3 Å². The van der Waals surface area contributed by atoms with Gasteiger partial charge in [0.1, 0.15) is 5.65 Å². The number of piperidine rings is 1. The molecule has 2 aliphatic rings. The van der Waals surface area contributed by atoms with Gasteiger partial charge in [-0.2, -0.15) is 9.29 Å². The summed E-state index contributed by atoms with van der Waals surface area (Å²) >= 11 is 0. The van der Waals surface area contributed by atoms with Crippen LogP contribution < -0.4 is 10.9 Å². The zero-order chi connectivity index (χ0) is 23.6. The monoisotopic (exact) mass is 477 g/mol. The number of rotatable bonds is 7. The fourth-order valence-corrected chi connectivity index (χ4v) is 5.94. The number of ether oxygens (including phenoxy) is 1. The Morgan fingerprint density at radius 2 is 2.06 bits per heavy atom. The highest BCUT2D eigenvalue weighted by Crippen LogP contribution is 2.39. The van der Waals surface area contributed by atoms with Crippen LogP contribution in [-0.2, 0) is 14.8 Å². The minimum atomic E-state index is -3.46. The Balaban J connectivity index is 1.50. The molecular formula is C22H31N5O5S. The maximum absolute atomic E-state index is 12.7. The van der Waals surface area contributed by atoms with Gasteiger partial charge in [0, 0.05) is 49.3 Å². The molecule has 10 nitrogen and oxygen atoms in total. The molecule has 2 atom stereocenters. The first kappa shape index (κ1) is 23.8. The van der Waals surface area contributed by atoms with E-state index in [2.05, 4.69) is 15.3 Å². The SMILES string of the molecule is COC/C=C/S(=O)(=O)N1CCC(Nc2ncc3ccc(=O)n([C@@H]4CCC[C@@]4(C)O)c3n2)CC1. The van der Waals surface area contributed by atoms with Crippen molar-refractivity contribution in [1.82, 2.24) is 18.8 Å². The summed E-state index contributed by atoms with van der Waals surface area (Å²) < 4.78 is 32.7. The molecule has 1 aliphatic heterocycles. The highest BCUT2D eigenvalue weighted by atomic mass is 32.2. The lowest BCUT2D eigenvalue weighted by molar-refractivity contribution is 0.0267. The molecule has 2 aromatic heterocycles. The largest absolute Gasteiger partial charge is 0.388 e. The van der Waals surface area contributed by atoms with Gasteiger partial charge in [-0.25, -0.2) is 13.4 Å². The van der Waals surface area contributed by atoms with Crippen LogP contribution in [0.4, 0.5) is 5.95 Å². The van der Waals surface area contributed by atoms with Crippen molar-refractivity contribution >= 4 is 27.0 Å². The molecule has 3 heterocycles. The van der Waals surface area contributed by atoms with Gasteiger partial charge in [-0.3, -0.25) is 9.36 Å². The molecule has 180 valence electrons. The van der Waals surface area contributed by atoms with E-state index in [1.54, 1.807) is 23.8 Å². The maximum atomic E-state index is 12.7. The molecule has 1 saturated carbocycles. The smallest absolute Gasteiger partial charge is 0.252 e. The first-order chi connectivity index (χ1) is 15.7. The van der Waals surface area contributed by atoms with Crippen LogP contribution in [0, 0.1) is 0 Å². The Morgan fingerprint density at radius 3 is 2.73 bits per heavy atom. The molecule has 1 aliphatic carbocycles. The fourth-order valence-electron chi connectivity index (χ4n) is 4.73. The van der Waals surface area contributed by atoms with Crippen molar-refractivity contribution in [1.29, 1.82) is 0 Å². The molecule has 2 N–H and O–H groups in total. The molecule has 1 saturated heterocycles. The lowest BCUT2D eigenvalue weighted by Gasteiger charge is -2.31. The van der Waals surface area contributed by atoms with Crippen LogP contribution >= 0.6 is 0 Å². The van der Waals surface area contributed by atoms with Crippen molar-refractivity contribution in [2.75, 3.05) is 32.1 Å². The second kappa shape index (κ2) is 9.49.